The van der Waals surface area contributed by atoms with Crippen molar-refractivity contribution in [1.29, 1.82) is 0 Å². The zero-order chi connectivity index (χ0) is 19.6. The van der Waals surface area contributed by atoms with E-state index in [0.717, 1.165) is 44.3 Å². The fourth-order valence-corrected chi connectivity index (χ4v) is 5.13. The second-order valence-corrected chi connectivity index (χ2v) is 10.7. The minimum atomic E-state index is -3.32. The van der Waals surface area contributed by atoms with Crippen LogP contribution >= 0.6 is 0 Å². The number of sulfone groups is 1. The van der Waals surface area contributed by atoms with Crippen LogP contribution in [0, 0.1) is 23.6 Å². The number of anilines is 1. The van der Waals surface area contributed by atoms with Crippen LogP contribution in [0.1, 0.15) is 39.5 Å². The molecule has 2 aliphatic rings. The third-order valence-corrected chi connectivity index (χ3v) is 7.50. The van der Waals surface area contributed by atoms with Gasteiger partial charge >= 0.3 is 0 Å². The third kappa shape index (κ3) is 5.23. The Balaban J connectivity index is 1.54. The standard InChI is InChI=1S/C21H33FN2O2S/c1-16(2)18-8-10-23(11-9-18)15-17-6-12-24(13-7-17)21-14-19(27(3,25)26)4-5-20(21)22/h4-5,14,16-18H,6-13,15H2,1-3H3. The fraction of sp³-hybridized carbons (Fsp3) is 0.714. The van der Waals surface area contributed by atoms with Gasteiger partial charge in [0, 0.05) is 25.9 Å². The first-order valence-electron chi connectivity index (χ1n) is 10.2. The molecular formula is C21H33FN2O2S. The maximum absolute atomic E-state index is 14.3. The molecule has 0 N–H and O–H groups in total. The Bertz CT molecular complexity index is 735. The summed E-state index contributed by atoms with van der Waals surface area (Å²) in [4.78, 5) is 4.80. The van der Waals surface area contributed by atoms with Crippen LogP contribution in [0.5, 0.6) is 0 Å². The van der Waals surface area contributed by atoms with Gasteiger partial charge in [-0.15, -0.1) is 0 Å². The van der Waals surface area contributed by atoms with Crippen molar-refractivity contribution in [2.45, 2.75) is 44.4 Å². The van der Waals surface area contributed by atoms with Gasteiger partial charge in [0.25, 0.3) is 0 Å². The number of benzene rings is 1. The molecule has 0 atom stereocenters. The summed E-state index contributed by atoms with van der Waals surface area (Å²) >= 11 is 0. The van der Waals surface area contributed by atoms with Crippen LogP contribution in [0.15, 0.2) is 23.1 Å². The Kier molecular flexibility index (Phi) is 6.46. The highest BCUT2D eigenvalue weighted by Gasteiger charge is 2.27. The number of hydrogen-bond acceptors (Lipinski definition) is 4. The molecule has 152 valence electrons. The van der Waals surface area contributed by atoms with Gasteiger partial charge in [-0.3, -0.25) is 0 Å². The summed E-state index contributed by atoms with van der Waals surface area (Å²) in [5.74, 6) is 1.97. The quantitative estimate of drug-likeness (QED) is 0.710. The number of rotatable bonds is 5. The fourth-order valence-electron chi connectivity index (χ4n) is 4.49. The van der Waals surface area contributed by atoms with Crippen LogP contribution in [-0.2, 0) is 9.84 Å². The van der Waals surface area contributed by atoms with E-state index >= 15 is 0 Å². The number of likely N-dealkylation sites (tertiary alicyclic amines) is 1. The van der Waals surface area contributed by atoms with Gasteiger partial charge in [0.1, 0.15) is 5.82 Å². The van der Waals surface area contributed by atoms with Crippen LogP contribution < -0.4 is 4.90 Å². The SMILES string of the molecule is CC(C)C1CCN(CC2CCN(c3cc(S(C)(=O)=O)ccc3F)CC2)CC1. The van der Waals surface area contributed by atoms with E-state index in [2.05, 4.69) is 18.7 Å². The zero-order valence-electron chi connectivity index (χ0n) is 16.8. The third-order valence-electron chi connectivity index (χ3n) is 6.39. The number of piperidine rings is 2. The molecule has 6 heteroatoms. The molecule has 0 spiro atoms. The van der Waals surface area contributed by atoms with Crippen molar-refractivity contribution in [2.75, 3.05) is 43.9 Å². The molecule has 2 aliphatic heterocycles. The van der Waals surface area contributed by atoms with Crippen LogP contribution in [0.4, 0.5) is 10.1 Å². The van der Waals surface area contributed by atoms with Crippen molar-refractivity contribution in [3.05, 3.63) is 24.0 Å². The lowest BCUT2D eigenvalue weighted by atomic mass is 9.86. The van der Waals surface area contributed by atoms with Crippen LogP contribution in [0.2, 0.25) is 0 Å². The Morgan fingerprint density at radius 1 is 1.07 bits per heavy atom. The predicted molar refractivity (Wildman–Crippen MR) is 108 cm³/mol. The molecule has 3 rings (SSSR count). The van der Waals surface area contributed by atoms with E-state index in [0.29, 0.717) is 11.6 Å². The molecule has 27 heavy (non-hydrogen) atoms. The highest BCUT2D eigenvalue weighted by atomic mass is 32.2. The maximum Gasteiger partial charge on any atom is 0.175 e. The normalized spacial score (nSPS) is 21.1. The molecule has 2 heterocycles. The minimum absolute atomic E-state index is 0.189. The highest BCUT2D eigenvalue weighted by Crippen LogP contribution is 2.30. The van der Waals surface area contributed by atoms with Gasteiger partial charge in [0.05, 0.1) is 10.6 Å². The van der Waals surface area contributed by atoms with Gasteiger partial charge in [0.2, 0.25) is 0 Å². The predicted octanol–water partition coefficient (Wildman–Crippen LogP) is 3.81. The van der Waals surface area contributed by atoms with Crippen LogP contribution in [0.3, 0.4) is 0 Å². The van der Waals surface area contributed by atoms with Crippen molar-refractivity contribution in [3.8, 4) is 0 Å². The molecule has 0 amide bonds. The van der Waals surface area contributed by atoms with Crippen LogP contribution in [-0.4, -0.2) is 52.3 Å². The van der Waals surface area contributed by atoms with Gasteiger partial charge < -0.3 is 9.80 Å². The summed E-state index contributed by atoms with van der Waals surface area (Å²) in [7, 11) is -3.32. The molecule has 0 unspecified atom stereocenters. The highest BCUT2D eigenvalue weighted by molar-refractivity contribution is 7.90. The Labute approximate surface area is 163 Å². The molecule has 4 nitrogen and oxygen atoms in total. The first-order chi connectivity index (χ1) is 12.7. The lowest BCUT2D eigenvalue weighted by Gasteiger charge is -2.39. The van der Waals surface area contributed by atoms with Crippen LogP contribution in [0.25, 0.3) is 0 Å². The first-order valence-corrected chi connectivity index (χ1v) is 12.1. The molecular weight excluding hydrogens is 363 g/mol. The van der Waals surface area contributed by atoms with E-state index in [9.17, 15) is 12.8 Å². The Morgan fingerprint density at radius 2 is 1.70 bits per heavy atom. The number of nitrogens with zero attached hydrogens (tertiary/aromatic N) is 2. The molecule has 0 radical (unpaired) electrons. The maximum atomic E-state index is 14.3. The van der Waals surface area contributed by atoms with E-state index in [1.807, 2.05) is 4.90 Å². The topological polar surface area (TPSA) is 40.6 Å². The van der Waals surface area contributed by atoms with E-state index in [4.69, 9.17) is 0 Å². The summed E-state index contributed by atoms with van der Waals surface area (Å²) in [6, 6.07) is 4.11. The van der Waals surface area contributed by atoms with Crippen molar-refractivity contribution >= 4 is 15.5 Å². The van der Waals surface area contributed by atoms with Gasteiger partial charge in [0.15, 0.2) is 9.84 Å². The molecule has 2 saturated heterocycles. The number of hydrogen-bond donors (Lipinski definition) is 0. The van der Waals surface area contributed by atoms with Crippen molar-refractivity contribution < 1.29 is 12.8 Å². The van der Waals surface area contributed by atoms with Gasteiger partial charge in [-0.2, -0.15) is 0 Å². The van der Waals surface area contributed by atoms with Gasteiger partial charge in [-0.25, -0.2) is 12.8 Å². The summed E-state index contributed by atoms with van der Waals surface area (Å²) < 4.78 is 37.8. The molecule has 0 aromatic heterocycles. The molecule has 0 bridgehead atoms. The zero-order valence-corrected chi connectivity index (χ0v) is 17.6. The van der Waals surface area contributed by atoms with Crippen molar-refractivity contribution in [3.63, 3.8) is 0 Å². The van der Waals surface area contributed by atoms with Crippen molar-refractivity contribution in [1.82, 2.24) is 4.90 Å². The first kappa shape index (κ1) is 20.6. The average molecular weight is 397 g/mol. The largest absolute Gasteiger partial charge is 0.369 e. The van der Waals surface area contributed by atoms with E-state index in [1.165, 1.54) is 50.4 Å². The van der Waals surface area contributed by atoms with E-state index in [1.54, 1.807) is 0 Å². The lowest BCUT2D eigenvalue weighted by molar-refractivity contribution is 0.132. The Hall–Kier alpha value is -1.14. The van der Waals surface area contributed by atoms with Crippen molar-refractivity contribution in [2.24, 2.45) is 17.8 Å². The Morgan fingerprint density at radius 3 is 2.26 bits per heavy atom. The molecule has 0 saturated carbocycles. The molecule has 1 aromatic carbocycles. The average Bonchev–Trinajstić information content (AvgIpc) is 2.62. The molecule has 2 fully saturated rings. The van der Waals surface area contributed by atoms with Gasteiger partial charge in [-0.05, 0) is 74.7 Å². The van der Waals surface area contributed by atoms with E-state index < -0.39 is 9.84 Å². The second-order valence-electron chi connectivity index (χ2n) is 8.70. The van der Waals surface area contributed by atoms with Gasteiger partial charge in [-0.1, -0.05) is 13.8 Å². The number of halogens is 1. The molecule has 0 aliphatic carbocycles. The summed E-state index contributed by atoms with van der Waals surface area (Å²) in [6.07, 6.45) is 5.85. The smallest absolute Gasteiger partial charge is 0.175 e. The summed E-state index contributed by atoms with van der Waals surface area (Å²) in [6.45, 7) is 9.78. The second kappa shape index (κ2) is 8.48. The lowest BCUT2D eigenvalue weighted by Crippen LogP contribution is -2.42. The molecule has 1 aromatic rings. The summed E-state index contributed by atoms with van der Waals surface area (Å²) in [5, 5.41) is 0. The van der Waals surface area contributed by atoms with E-state index in [-0.39, 0.29) is 10.7 Å². The monoisotopic (exact) mass is 396 g/mol. The summed E-state index contributed by atoms with van der Waals surface area (Å²) in [5.41, 5.74) is 0.425. The minimum Gasteiger partial charge on any atom is -0.369 e.